The summed E-state index contributed by atoms with van der Waals surface area (Å²) in [6.07, 6.45) is 14.0. The van der Waals surface area contributed by atoms with Gasteiger partial charge in [-0.25, -0.2) is 9.59 Å². The minimum absolute atomic E-state index is 0.267. The fraction of sp³-hybridized carbons (Fsp3) is 0.615. The van der Waals surface area contributed by atoms with Gasteiger partial charge < -0.3 is 9.47 Å². The van der Waals surface area contributed by atoms with Crippen LogP contribution < -0.4 is 0 Å². The third kappa shape index (κ3) is 9.86. The summed E-state index contributed by atoms with van der Waals surface area (Å²) in [6.45, 7) is 5.36. The van der Waals surface area contributed by atoms with Crippen LogP contribution in [0.1, 0.15) is 112 Å². The van der Waals surface area contributed by atoms with E-state index in [0.29, 0.717) is 24.3 Å². The Kier molecular flexibility index (Phi) is 13.3. The van der Waals surface area contributed by atoms with Crippen LogP contribution in [0.3, 0.4) is 0 Å². The van der Waals surface area contributed by atoms with Crippen molar-refractivity contribution in [3.05, 3.63) is 34.0 Å². The number of rotatable bonds is 17. The van der Waals surface area contributed by atoms with Gasteiger partial charge >= 0.3 is 11.9 Å². The molecule has 6 heteroatoms. The monoisotopic (exact) mass is 478 g/mol. The molecule has 0 radical (unpaired) electrons. The molecule has 0 N–H and O–H groups in total. The topological polar surface area (TPSA) is 52.6 Å². The first-order valence-corrected chi connectivity index (χ1v) is 13.9. The molecule has 0 saturated heterocycles. The van der Waals surface area contributed by atoms with Gasteiger partial charge in [-0.15, -0.1) is 22.7 Å². The summed E-state index contributed by atoms with van der Waals surface area (Å²) in [5.41, 5.74) is 1.16. The molecular weight excluding hydrogens is 440 g/mol. The zero-order chi connectivity index (χ0) is 23.0. The lowest BCUT2D eigenvalue weighted by Gasteiger charge is -2.03. The van der Waals surface area contributed by atoms with Gasteiger partial charge in [-0.05, 0) is 25.0 Å². The van der Waals surface area contributed by atoms with Gasteiger partial charge in [0.1, 0.15) is 0 Å². The van der Waals surface area contributed by atoms with Gasteiger partial charge in [0, 0.05) is 20.5 Å². The van der Waals surface area contributed by atoms with Crippen molar-refractivity contribution in [2.24, 2.45) is 0 Å². The lowest BCUT2D eigenvalue weighted by atomic mass is 10.1. The van der Waals surface area contributed by atoms with Crippen molar-refractivity contribution in [1.29, 1.82) is 0 Å². The smallest absolute Gasteiger partial charge is 0.338 e. The Balaban J connectivity index is 1.71. The van der Waals surface area contributed by atoms with E-state index in [1.807, 2.05) is 22.9 Å². The summed E-state index contributed by atoms with van der Waals surface area (Å²) in [5.74, 6) is -0.535. The van der Waals surface area contributed by atoms with E-state index in [1.165, 1.54) is 74.0 Å². The number of carbonyl (C=O) groups is 2. The maximum absolute atomic E-state index is 12.3. The molecule has 0 saturated carbocycles. The molecule has 0 aliphatic heterocycles. The molecular formula is C26H38O4S2. The molecule has 0 spiro atoms. The summed E-state index contributed by atoms with van der Waals surface area (Å²) >= 11 is 2.99. The van der Waals surface area contributed by atoms with Crippen LogP contribution >= 0.6 is 22.7 Å². The molecule has 0 aliphatic carbocycles. The van der Waals surface area contributed by atoms with E-state index in [4.69, 9.17) is 9.47 Å². The van der Waals surface area contributed by atoms with Crippen LogP contribution in [0.2, 0.25) is 0 Å². The number of hydrogen-bond donors (Lipinski definition) is 0. The lowest BCUT2D eigenvalue weighted by Crippen LogP contribution is -2.05. The molecule has 0 bridgehead atoms. The van der Waals surface area contributed by atoms with Crippen LogP contribution in [0.5, 0.6) is 0 Å². The van der Waals surface area contributed by atoms with Gasteiger partial charge in [0.2, 0.25) is 0 Å². The summed E-state index contributed by atoms with van der Waals surface area (Å²) in [6, 6.07) is 3.71. The number of esters is 2. The third-order valence-electron chi connectivity index (χ3n) is 5.38. The van der Waals surface area contributed by atoms with Gasteiger partial charge in [0.05, 0.1) is 24.3 Å². The van der Waals surface area contributed by atoms with E-state index >= 15 is 0 Å². The highest BCUT2D eigenvalue weighted by molar-refractivity contribution is 7.20. The number of thiophene rings is 2. The second kappa shape index (κ2) is 16.0. The van der Waals surface area contributed by atoms with Crippen LogP contribution in [0.25, 0.3) is 9.75 Å². The van der Waals surface area contributed by atoms with Crippen molar-refractivity contribution >= 4 is 34.6 Å². The van der Waals surface area contributed by atoms with E-state index in [-0.39, 0.29) is 11.9 Å². The maximum atomic E-state index is 12.3. The van der Waals surface area contributed by atoms with Crippen molar-refractivity contribution in [2.75, 3.05) is 13.2 Å². The molecule has 2 heterocycles. The Morgan fingerprint density at radius 3 is 1.41 bits per heavy atom. The Hall–Kier alpha value is -1.66. The third-order valence-corrected chi connectivity index (χ3v) is 7.43. The minimum Gasteiger partial charge on any atom is -0.462 e. The van der Waals surface area contributed by atoms with Gasteiger partial charge in [0.15, 0.2) is 0 Å². The van der Waals surface area contributed by atoms with Gasteiger partial charge in [0.25, 0.3) is 0 Å². The molecule has 4 nitrogen and oxygen atoms in total. The van der Waals surface area contributed by atoms with Crippen LogP contribution in [-0.4, -0.2) is 25.2 Å². The highest BCUT2D eigenvalue weighted by atomic mass is 32.1. The van der Waals surface area contributed by atoms with Crippen LogP contribution in [0.15, 0.2) is 22.9 Å². The molecule has 0 atom stereocenters. The van der Waals surface area contributed by atoms with Gasteiger partial charge in [-0.2, -0.15) is 0 Å². The van der Waals surface area contributed by atoms with Gasteiger partial charge in [-0.1, -0.05) is 78.1 Å². The summed E-state index contributed by atoms with van der Waals surface area (Å²) in [4.78, 5) is 26.5. The maximum Gasteiger partial charge on any atom is 0.338 e. The Labute approximate surface area is 201 Å². The first kappa shape index (κ1) is 26.6. The minimum atomic E-state index is -0.267. The van der Waals surface area contributed by atoms with E-state index in [9.17, 15) is 9.59 Å². The fourth-order valence-corrected chi connectivity index (χ4v) is 5.27. The van der Waals surface area contributed by atoms with E-state index in [2.05, 4.69) is 13.8 Å². The van der Waals surface area contributed by atoms with Crippen LogP contribution in [-0.2, 0) is 9.47 Å². The summed E-state index contributed by atoms with van der Waals surface area (Å²) in [5, 5.41) is 3.66. The van der Waals surface area contributed by atoms with Crippen LogP contribution in [0, 0.1) is 0 Å². The van der Waals surface area contributed by atoms with Crippen LogP contribution in [0.4, 0.5) is 0 Å². The molecule has 0 fully saturated rings. The van der Waals surface area contributed by atoms with Crippen molar-refractivity contribution in [1.82, 2.24) is 0 Å². The number of ether oxygens (including phenoxy) is 2. The molecule has 2 aromatic rings. The molecule has 2 aromatic heterocycles. The number of carbonyl (C=O) groups excluding carboxylic acids is 2. The van der Waals surface area contributed by atoms with E-state index < -0.39 is 0 Å². The highest BCUT2D eigenvalue weighted by Crippen LogP contribution is 2.33. The quantitative estimate of drug-likeness (QED) is 0.169. The average molecular weight is 479 g/mol. The molecule has 32 heavy (non-hydrogen) atoms. The predicted molar refractivity (Wildman–Crippen MR) is 135 cm³/mol. The summed E-state index contributed by atoms with van der Waals surface area (Å²) < 4.78 is 10.8. The standard InChI is InChI=1S/C26H38O4S2/c1-3-5-7-9-11-13-15-29-25(27)21-17-23(31-19-21)24-18-22(20-32-24)26(28)30-16-14-12-10-8-6-4-2/h17-20H,3-16H2,1-2H3. The molecule has 178 valence electrons. The number of hydrogen-bond acceptors (Lipinski definition) is 6. The highest BCUT2D eigenvalue weighted by Gasteiger charge is 2.15. The van der Waals surface area contributed by atoms with E-state index in [1.54, 1.807) is 0 Å². The first-order chi connectivity index (χ1) is 15.7. The second-order valence-corrected chi connectivity index (χ2v) is 10.0. The van der Waals surface area contributed by atoms with Gasteiger partial charge in [-0.3, -0.25) is 0 Å². The van der Waals surface area contributed by atoms with E-state index in [0.717, 1.165) is 35.4 Å². The zero-order valence-electron chi connectivity index (χ0n) is 19.7. The lowest BCUT2D eigenvalue weighted by molar-refractivity contribution is 0.0489. The average Bonchev–Trinajstić information content (AvgIpc) is 3.47. The van der Waals surface area contributed by atoms with Crippen molar-refractivity contribution in [3.63, 3.8) is 0 Å². The second-order valence-electron chi connectivity index (χ2n) is 8.21. The first-order valence-electron chi connectivity index (χ1n) is 12.2. The van der Waals surface area contributed by atoms with Crippen molar-refractivity contribution in [3.8, 4) is 9.75 Å². The van der Waals surface area contributed by atoms with Crippen molar-refractivity contribution in [2.45, 2.75) is 90.9 Å². The Morgan fingerprint density at radius 2 is 1.00 bits per heavy atom. The molecule has 2 rings (SSSR count). The molecule has 0 amide bonds. The molecule has 0 aliphatic rings. The molecule has 0 aromatic carbocycles. The number of unbranched alkanes of at least 4 members (excludes halogenated alkanes) is 10. The zero-order valence-corrected chi connectivity index (χ0v) is 21.3. The fourth-order valence-electron chi connectivity index (χ4n) is 3.41. The van der Waals surface area contributed by atoms with Crippen molar-refractivity contribution < 1.29 is 19.1 Å². The Bertz CT molecular complexity index is 727. The normalized spacial score (nSPS) is 10.9. The predicted octanol–water partition coefficient (Wildman–Crippen LogP) is 8.51. The Morgan fingerprint density at radius 1 is 0.625 bits per heavy atom. The SMILES string of the molecule is CCCCCCCCOC(=O)c1csc(-c2cc(C(=O)OCCCCCCCC)cs2)c1. The largest absolute Gasteiger partial charge is 0.462 e. The summed E-state index contributed by atoms with van der Waals surface area (Å²) in [7, 11) is 0. The molecule has 0 unspecified atom stereocenters.